The molecule has 7 heteroatoms. The van der Waals surface area contributed by atoms with Crippen LogP contribution in [0, 0.1) is 0 Å². The van der Waals surface area contributed by atoms with Crippen molar-refractivity contribution in [1.82, 2.24) is 19.9 Å². The number of carbonyl (C=O) groups is 1. The molecule has 1 amide bonds. The van der Waals surface area contributed by atoms with Crippen molar-refractivity contribution in [2.75, 3.05) is 32.1 Å². The Morgan fingerprint density at radius 2 is 2.46 bits per heavy atom. The zero-order valence-electron chi connectivity index (χ0n) is 13.9. The maximum absolute atomic E-state index is 11.8. The summed E-state index contributed by atoms with van der Waals surface area (Å²) >= 11 is 0. The summed E-state index contributed by atoms with van der Waals surface area (Å²) < 4.78 is 5.18. The molecule has 1 saturated heterocycles. The molecule has 3 rings (SSSR count). The van der Waals surface area contributed by atoms with Crippen molar-refractivity contribution in [3.63, 3.8) is 0 Å². The molecule has 2 N–H and O–H groups in total. The lowest BCUT2D eigenvalue weighted by molar-refractivity contribution is -0.127. The molecule has 0 spiro atoms. The van der Waals surface area contributed by atoms with Gasteiger partial charge in [0.25, 0.3) is 0 Å². The van der Waals surface area contributed by atoms with Gasteiger partial charge in [-0.3, -0.25) is 4.79 Å². The van der Waals surface area contributed by atoms with Gasteiger partial charge in [0, 0.05) is 32.4 Å². The van der Waals surface area contributed by atoms with Gasteiger partial charge in [-0.25, -0.2) is 9.97 Å². The smallest absolute Gasteiger partial charge is 0.246 e. The van der Waals surface area contributed by atoms with Crippen LogP contribution in [-0.4, -0.2) is 58.6 Å². The number of hydrogen-bond acceptors (Lipinski definition) is 5. The van der Waals surface area contributed by atoms with Gasteiger partial charge in [-0.05, 0) is 30.9 Å². The minimum absolute atomic E-state index is 0.0169. The highest BCUT2D eigenvalue weighted by molar-refractivity contribution is 5.90. The lowest BCUT2D eigenvalue weighted by Crippen LogP contribution is -2.44. The van der Waals surface area contributed by atoms with Crippen molar-refractivity contribution in [2.24, 2.45) is 0 Å². The molecular formula is C17H23N5O2. The number of methoxy groups -OCH3 is 1. The molecule has 1 aliphatic heterocycles. The normalized spacial score (nSPS) is 17.9. The number of carbonyl (C=O) groups excluding carboxylic acids is 1. The first kappa shape index (κ1) is 16.4. The molecular weight excluding hydrogens is 306 g/mol. The van der Waals surface area contributed by atoms with Gasteiger partial charge in [0.05, 0.1) is 12.0 Å². The van der Waals surface area contributed by atoms with Gasteiger partial charge in [0.1, 0.15) is 17.8 Å². The third-order valence-electron chi connectivity index (χ3n) is 4.38. The number of likely N-dealkylation sites (tertiary alicyclic amines) is 1. The van der Waals surface area contributed by atoms with E-state index in [-0.39, 0.29) is 11.9 Å². The molecule has 0 bridgehead atoms. The van der Waals surface area contributed by atoms with E-state index in [9.17, 15) is 4.79 Å². The van der Waals surface area contributed by atoms with Gasteiger partial charge in [0.15, 0.2) is 0 Å². The number of aromatic amines is 1. The van der Waals surface area contributed by atoms with Gasteiger partial charge in [-0.2, -0.15) is 0 Å². The Morgan fingerprint density at radius 3 is 3.25 bits per heavy atom. The van der Waals surface area contributed by atoms with E-state index in [1.54, 1.807) is 13.4 Å². The monoisotopic (exact) mass is 329 g/mol. The Kier molecular flexibility index (Phi) is 5.10. The molecule has 3 heterocycles. The largest absolute Gasteiger partial charge is 0.384 e. The van der Waals surface area contributed by atoms with Gasteiger partial charge in [-0.1, -0.05) is 6.58 Å². The van der Waals surface area contributed by atoms with E-state index in [0.717, 1.165) is 48.2 Å². The Bertz CT molecular complexity index is 727. The Labute approximate surface area is 141 Å². The van der Waals surface area contributed by atoms with Crippen LogP contribution in [0.5, 0.6) is 0 Å². The second kappa shape index (κ2) is 7.44. The molecule has 2 aromatic heterocycles. The Balaban J connectivity index is 1.80. The summed E-state index contributed by atoms with van der Waals surface area (Å²) in [6, 6.07) is 0.172. The SMILES string of the molecule is C=CC(=O)N1CCCC(Nc2ncnc3[nH]cc(CCOC)c23)C1. The molecule has 128 valence electrons. The standard InChI is InChI=1S/C17H23N5O2/c1-3-14(23)22-7-4-5-13(10-22)21-17-15-12(6-8-24-2)9-18-16(15)19-11-20-17/h3,9,11,13H,1,4-8,10H2,2H3,(H2,18,19,20,21). The predicted octanol–water partition coefficient (Wildman–Crippen LogP) is 1.74. The summed E-state index contributed by atoms with van der Waals surface area (Å²) in [7, 11) is 1.69. The number of nitrogens with one attached hydrogen (secondary N) is 2. The summed E-state index contributed by atoms with van der Waals surface area (Å²) in [6.45, 7) is 5.66. The molecule has 0 saturated carbocycles. The number of amides is 1. The Hall–Kier alpha value is -2.41. The van der Waals surface area contributed by atoms with Crippen LogP contribution in [0.25, 0.3) is 11.0 Å². The average molecular weight is 329 g/mol. The van der Waals surface area contributed by atoms with Crippen LogP contribution in [-0.2, 0) is 16.0 Å². The van der Waals surface area contributed by atoms with Crippen LogP contribution in [0.2, 0.25) is 0 Å². The summed E-state index contributed by atoms with van der Waals surface area (Å²) in [4.78, 5) is 25.6. The number of piperidine rings is 1. The first-order chi connectivity index (χ1) is 11.7. The summed E-state index contributed by atoms with van der Waals surface area (Å²) in [5.41, 5.74) is 1.94. The second-order valence-corrected chi connectivity index (χ2v) is 5.97. The number of hydrogen-bond donors (Lipinski definition) is 2. The highest BCUT2D eigenvalue weighted by Crippen LogP contribution is 2.25. The van der Waals surface area contributed by atoms with E-state index in [4.69, 9.17) is 4.74 Å². The zero-order valence-corrected chi connectivity index (χ0v) is 13.9. The number of nitrogens with zero attached hydrogens (tertiary/aromatic N) is 3. The molecule has 1 fully saturated rings. The number of ether oxygens (including phenoxy) is 1. The Morgan fingerprint density at radius 1 is 1.58 bits per heavy atom. The molecule has 1 aliphatic rings. The van der Waals surface area contributed by atoms with Crippen LogP contribution in [0.15, 0.2) is 25.2 Å². The van der Waals surface area contributed by atoms with Gasteiger partial charge in [0.2, 0.25) is 5.91 Å². The number of rotatable bonds is 6. The third kappa shape index (κ3) is 3.41. The molecule has 7 nitrogen and oxygen atoms in total. The predicted molar refractivity (Wildman–Crippen MR) is 92.9 cm³/mol. The van der Waals surface area contributed by atoms with Crippen molar-refractivity contribution in [3.8, 4) is 0 Å². The van der Waals surface area contributed by atoms with Crippen LogP contribution in [0.3, 0.4) is 0 Å². The van der Waals surface area contributed by atoms with E-state index < -0.39 is 0 Å². The lowest BCUT2D eigenvalue weighted by Gasteiger charge is -2.32. The lowest BCUT2D eigenvalue weighted by atomic mass is 10.1. The van der Waals surface area contributed by atoms with Gasteiger partial charge in [-0.15, -0.1) is 0 Å². The molecule has 1 atom stereocenters. The quantitative estimate of drug-likeness (QED) is 0.789. The summed E-state index contributed by atoms with van der Waals surface area (Å²) in [5.74, 6) is 0.794. The van der Waals surface area contributed by atoms with E-state index in [0.29, 0.717) is 13.2 Å². The number of fused-ring (bicyclic) bond motifs is 1. The van der Waals surface area contributed by atoms with Crippen molar-refractivity contribution in [3.05, 3.63) is 30.7 Å². The highest BCUT2D eigenvalue weighted by atomic mass is 16.5. The number of aromatic nitrogens is 3. The molecule has 0 radical (unpaired) electrons. The van der Waals surface area contributed by atoms with Crippen molar-refractivity contribution in [1.29, 1.82) is 0 Å². The van der Waals surface area contributed by atoms with Crippen LogP contribution < -0.4 is 5.32 Å². The average Bonchev–Trinajstić information content (AvgIpc) is 3.03. The van der Waals surface area contributed by atoms with E-state index >= 15 is 0 Å². The molecule has 0 aromatic carbocycles. The zero-order chi connectivity index (χ0) is 16.9. The number of H-pyrrole nitrogens is 1. The number of anilines is 1. The van der Waals surface area contributed by atoms with Crippen molar-refractivity contribution >= 4 is 22.8 Å². The minimum atomic E-state index is -0.0169. The topological polar surface area (TPSA) is 83.1 Å². The minimum Gasteiger partial charge on any atom is -0.384 e. The molecule has 0 aliphatic carbocycles. The van der Waals surface area contributed by atoms with Crippen LogP contribution >= 0.6 is 0 Å². The maximum atomic E-state index is 11.8. The van der Waals surface area contributed by atoms with E-state index in [2.05, 4.69) is 26.8 Å². The third-order valence-corrected chi connectivity index (χ3v) is 4.38. The molecule has 1 unspecified atom stereocenters. The molecule has 24 heavy (non-hydrogen) atoms. The summed E-state index contributed by atoms with van der Waals surface area (Å²) in [6.07, 6.45) is 7.65. The fraction of sp³-hybridized carbons (Fsp3) is 0.471. The van der Waals surface area contributed by atoms with Crippen LogP contribution in [0.1, 0.15) is 18.4 Å². The fourth-order valence-corrected chi connectivity index (χ4v) is 3.16. The summed E-state index contributed by atoms with van der Waals surface area (Å²) in [5, 5.41) is 4.50. The first-order valence-corrected chi connectivity index (χ1v) is 8.20. The van der Waals surface area contributed by atoms with Crippen molar-refractivity contribution < 1.29 is 9.53 Å². The van der Waals surface area contributed by atoms with E-state index in [1.807, 2.05) is 11.1 Å². The second-order valence-electron chi connectivity index (χ2n) is 5.97. The van der Waals surface area contributed by atoms with Gasteiger partial charge < -0.3 is 19.9 Å². The van der Waals surface area contributed by atoms with E-state index in [1.165, 1.54) is 6.08 Å². The van der Waals surface area contributed by atoms with Crippen LogP contribution in [0.4, 0.5) is 5.82 Å². The fourth-order valence-electron chi connectivity index (χ4n) is 3.16. The highest BCUT2D eigenvalue weighted by Gasteiger charge is 2.23. The first-order valence-electron chi connectivity index (χ1n) is 8.20. The van der Waals surface area contributed by atoms with Crippen molar-refractivity contribution in [2.45, 2.75) is 25.3 Å². The maximum Gasteiger partial charge on any atom is 0.246 e. The van der Waals surface area contributed by atoms with Gasteiger partial charge >= 0.3 is 0 Å². The molecule has 2 aromatic rings.